The fourth-order valence-electron chi connectivity index (χ4n) is 6.41. The number of halogens is 1. The van der Waals surface area contributed by atoms with E-state index in [1.165, 1.54) is 11.1 Å². The second-order valence-electron chi connectivity index (χ2n) is 10.4. The zero-order valence-electron chi connectivity index (χ0n) is 20.7. The van der Waals surface area contributed by atoms with Crippen molar-refractivity contribution in [3.8, 4) is 5.75 Å². The van der Waals surface area contributed by atoms with E-state index in [1.54, 1.807) is 18.3 Å². The third-order valence-corrected chi connectivity index (χ3v) is 8.48. The average Bonchev–Trinajstić information content (AvgIpc) is 3.16. The van der Waals surface area contributed by atoms with E-state index in [1.807, 2.05) is 31.2 Å². The smallest absolute Gasteiger partial charge is 0.329 e. The number of nitrogens with zero attached hydrogens (tertiary/aromatic N) is 1. The third kappa shape index (κ3) is 4.81. The number of hydrogen-bond donors (Lipinski definition) is 2. The Balaban J connectivity index is 1.31. The van der Waals surface area contributed by atoms with Crippen molar-refractivity contribution >= 4 is 23.3 Å². The van der Waals surface area contributed by atoms with Crippen LogP contribution in [0.5, 0.6) is 5.75 Å². The molecule has 2 aliphatic carbocycles. The standard InChI is InChI=1S/C30H33ClN2O3/c1-21-18-26(11-16-32-21)36-17-5-7-23-19-22-6-2-3-10-27(22)29(23)12-14-30(15-13-29,28(34)35)33-25-9-4-8-24(31)20-25/h2-4,6,8-11,16,18,20,23,33H,5,7,12-15,17,19H2,1H3,(H,34,35). The molecule has 1 aromatic heterocycles. The number of ether oxygens (including phenoxy) is 1. The van der Waals surface area contributed by atoms with Crippen molar-refractivity contribution in [2.75, 3.05) is 11.9 Å². The maximum Gasteiger partial charge on any atom is 0.329 e. The van der Waals surface area contributed by atoms with Gasteiger partial charge in [0.2, 0.25) is 0 Å². The van der Waals surface area contributed by atoms with Crippen molar-refractivity contribution in [2.24, 2.45) is 5.92 Å². The molecule has 6 heteroatoms. The van der Waals surface area contributed by atoms with E-state index in [9.17, 15) is 9.90 Å². The summed E-state index contributed by atoms with van der Waals surface area (Å²) in [6.45, 7) is 2.63. The summed E-state index contributed by atoms with van der Waals surface area (Å²) in [5.41, 5.74) is 3.57. The lowest BCUT2D eigenvalue weighted by atomic mass is 9.60. The lowest BCUT2D eigenvalue weighted by molar-refractivity contribution is -0.144. The number of aryl methyl sites for hydroxylation is 1. The summed E-state index contributed by atoms with van der Waals surface area (Å²) < 4.78 is 6.00. The highest BCUT2D eigenvalue weighted by atomic mass is 35.5. The first kappa shape index (κ1) is 24.6. The van der Waals surface area contributed by atoms with Gasteiger partial charge in [0.1, 0.15) is 11.3 Å². The van der Waals surface area contributed by atoms with Crippen LogP contribution >= 0.6 is 11.6 Å². The Labute approximate surface area is 217 Å². The molecule has 1 saturated carbocycles. The van der Waals surface area contributed by atoms with Gasteiger partial charge in [-0.25, -0.2) is 4.79 Å². The van der Waals surface area contributed by atoms with E-state index in [2.05, 4.69) is 34.6 Å². The van der Waals surface area contributed by atoms with Crippen LogP contribution < -0.4 is 10.1 Å². The lowest BCUT2D eigenvalue weighted by Crippen LogP contribution is -2.53. The fraction of sp³-hybridized carbons (Fsp3) is 0.400. The van der Waals surface area contributed by atoms with Crippen LogP contribution in [-0.2, 0) is 16.6 Å². The quantitative estimate of drug-likeness (QED) is 0.329. The molecule has 5 rings (SSSR count). The number of anilines is 1. The van der Waals surface area contributed by atoms with Crippen LogP contribution in [0.4, 0.5) is 5.69 Å². The van der Waals surface area contributed by atoms with E-state index < -0.39 is 11.5 Å². The molecular formula is C30H33ClN2O3. The van der Waals surface area contributed by atoms with E-state index in [4.69, 9.17) is 16.3 Å². The molecule has 2 aromatic carbocycles. The Morgan fingerprint density at radius 1 is 1.11 bits per heavy atom. The number of aliphatic carboxylic acids is 1. The van der Waals surface area contributed by atoms with Gasteiger partial charge in [-0.05, 0) is 98.6 Å². The highest BCUT2D eigenvalue weighted by Crippen LogP contribution is 2.55. The van der Waals surface area contributed by atoms with Crippen molar-refractivity contribution in [3.63, 3.8) is 0 Å². The van der Waals surface area contributed by atoms with Gasteiger partial charge >= 0.3 is 5.97 Å². The van der Waals surface area contributed by atoms with Crippen molar-refractivity contribution in [1.29, 1.82) is 0 Å². The Hall–Kier alpha value is -3.05. The monoisotopic (exact) mass is 504 g/mol. The Morgan fingerprint density at radius 3 is 2.67 bits per heavy atom. The minimum atomic E-state index is -0.986. The van der Waals surface area contributed by atoms with Crippen molar-refractivity contribution in [3.05, 3.63) is 88.7 Å². The molecule has 2 aliphatic rings. The van der Waals surface area contributed by atoms with Crippen LogP contribution in [0.25, 0.3) is 0 Å². The number of carbonyl (C=O) groups is 1. The molecule has 1 heterocycles. The SMILES string of the molecule is Cc1cc(OCCCC2Cc3ccccc3C23CCC(Nc2cccc(Cl)c2)(C(=O)O)CC3)ccn1. The summed E-state index contributed by atoms with van der Waals surface area (Å²) in [6.07, 6.45) is 7.69. The number of carboxylic acid groups (broad SMARTS) is 1. The molecule has 2 N–H and O–H groups in total. The number of carboxylic acids is 1. The number of nitrogens with one attached hydrogen (secondary N) is 1. The topological polar surface area (TPSA) is 71.5 Å². The van der Waals surface area contributed by atoms with Gasteiger partial charge < -0.3 is 15.2 Å². The van der Waals surface area contributed by atoms with E-state index in [-0.39, 0.29) is 5.41 Å². The zero-order valence-corrected chi connectivity index (χ0v) is 21.4. The van der Waals surface area contributed by atoms with Gasteiger partial charge in [0, 0.05) is 28.7 Å². The van der Waals surface area contributed by atoms with Crippen molar-refractivity contribution in [2.45, 2.75) is 62.8 Å². The molecule has 0 aliphatic heterocycles. The summed E-state index contributed by atoms with van der Waals surface area (Å²) in [5.74, 6) is 0.555. The first-order chi connectivity index (χ1) is 17.4. The summed E-state index contributed by atoms with van der Waals surface area (Å²) in [5, 5.41) is 14.2. The lowest BCUT2D eigenvalue weighted by Gasteiger charge is -2.47. The van der Waals surface area contributed by atoms with E-state index in [0.717, 1.165) is 49.2 Å². The predicted molar refractivity (Wildman–Crippen MR) is 143 cm³/mol. The third-order valence-electron chi connectivity index (χ3n) is 8.25. The molecule has 1 fully saturated rings. The molecule has 1 atom stereocenters. The van der Waals surface area contributed by atoms with Gasteiger partial charge in [-0.15, -0.1) is 0 Å². The second-order valence-corrected chi connectivity index (χ2v) is 10.8. The van der Waals surface area contributed by atoms with Crippen LogP contribution in [0.3, 0.4) is 0 Å². The number of rotatable bonds is 8. The maximum atomic E-state index is 12.5. The summed E-state index contributed by atoms with van der Waals surface area (Å²) in [4.78, 5) is 16.8. The molecular weight excluding hydrogens is 472 g/mol. The zero-order chi connectivity index (χ0) is 25.2. The molecule has 1 unspecified atom stereocenters. The molecule has 5 nitrogen and oxygen atoms in total. The van der Waals surface area contributed by atoms with Crippen LogP contribution in [0.15, 0.2) is 66.9 Å². The largest absolute Gasteiger partial charge is 0.493 e. The second kappa shape index (κ2) is 10.1. The molecule has 0 saturated heterocycles. The van der Waals surface area contributed by atoms with Crippen LogP contribution in [0.1, 0.15) is 55.3 Å². The summed E-state index contributed by atoms with van der Waals surface area (Å²) in [6, 6.07) is 20.0. The molecule has 1 spiro atoms. The molecule has 36 heavy (non-hydrogen) atoms. The first-order valence-corrected chi connectivity index (χ1v) is 13.2. The number of aromatic nitrogens is 1. The molecule has 0 amide bonds. The van der Waals surface area contributed by atoms with Gasteiger partial charge in [-0.3, -0.25) is 4.98 Å². The van der Waals surface area contributed by atoms with Crippen LogP contribution in [0.2, 0.25) is 5.02 Å². The number of pyridine rings is 1. The number of benzene rings is 2. The Bertz CT molecular complexity index is 1240. The Morgan fingerprint density at radius 2 is 1.92 bits per heavy atom. The van der Waals surface area contributed by atoms with Crippen LogP contribution in [0, 0.1) is 12.8 Å². The minimum absolute atomic E-state index is 0.0127. The van der Waals surface area contributed by atoms with Gasteiger partial charge in [0.25, 0.3) is 0 Å². The fourth-order valence-corrected chi connectivity index (χ4v) is 6.60. The molecule has 188 valence electrons. The summed E-state index contributed by atoms with van der Waals surface area (Å²) >= 11 is 6.17. The maximum absolute atomic E-state index is 12.5. The summed E-state index contributed by atoms with van der Waals surface area (Å²) in [7, 11) is 0. The molecule has 0 radical (unpaired) electrons. The van der Waals surface area contributed by atoms with Crippen molar-refractivity contribution < 1.29 is 14.6 Å². The first-order valence-electron chi connectivity index (χ1n) is 12.8. The van der Waals surface area contributed by atoms with Gasteiger partial charge in [0.15, 0.2) is 0 Å². The predicted octanol–water partition coefficient (Wildman–Crippen LogP) is 6.82. The van der Waals surface area contributed by atoms with E-state index >= 15 is 0 Å². The van der Waals surface area contributed by atoms with Crippen LogP contribution in [-0.4, -0.2) is 28.2 Å². The van der Waals surface area contributed by atoms with E-state index in [0.29, 0.717) is 30.4 Å². The molecule has 3 aromatic rings. The number of hydrogen-bond acceptors (Lipinski definition) is 4. The van der Waals surface area contributed by atoms with Crippen molar-refractivity contribution in [1.82, 2.24) is 4.98 Å². The van der Waals surface area contributed by atoms with Gasteiger partial charge in [-0.2, -0.15) is 0 Å². The highest BCUT2D eigenvalue weighted by molar-refractivity contribution is 6.30. The highest BCUT2D eigenvalue weighted by Gasteiger charge is 2.53. The minimum Gasteiger partial charge on any atom is -0.493 e. The van der Waals surface area contributed by atoms with Gasteiger partial charge in [0.05, 0.1) is 6.61 Å². The number of fused-ring (bicyclic) bond motifs is 2. The van der Waals surface area contributed by atoms with Gasteiger partial charge in [-0.1, -0.05) is 41.9 Å². The normalized spacial score (nSPS) is 24.9. The molecule has 0 bridgehead atoms. The average molecular weight is 505 g/mol. The Kier molecular flexibility index (Phi) is 6.94.